The minimum absolute atomic E-state index is 0.0436. The molecule has 0 spiro atoms. The summed E-state index contributed by atoms with van der Waals surface area (Å²) < 4.78 is 1.89. The van der Waals surface area contributed by atoms with Gasteiger partial charge in [-0.3, -0.25) is 9.36 Å². The number of aromatic nitrogens is 1. The number of pyridine rings is 1. The second-order valence-corrected chi connectivity index (χ2v) is 13.3. The summed E-state index contributed by atoms with van der Waals surface area (Å²) >= 11 is 0. The van der Waals surface area contributed by atoms with Crippen LogP contribution in [-0.2, 0) is 0 Å². The van der Waals surface area contributed by atoms with Gasteiger partial charge < -0.3 is 0 Å². The lowest BCUT2D eigenvalue weighted by Gasteiger charge is -2.20. The summed E-state index contributed by atoms with van der Waals surface area (Å²) in [5, 5.41) is 7.90. The van der Waals surface area contributed by atoms with Crippen LogP contribution in [0.3, 0.4) is 0 Å². The van der Waals surface area contributed by atoms with Crippen molar-refractivity contribution in [3.05, 3.63) is 171 Å². The van der Waals surface area contributed by atoms with Crippen LogP contribution >= 0.6 is 0 Å². The lowest BCUT2D eigenvalue weighted by Crippen LogP contribution is -2.45. The molecular formula is C47H35NO. The van der Waals surface area contributed by atoms with E-state index in [0.29, 0.717) is 0 Å². The molecule has 1 aromatic heterocycles. The maximum atomic E-state index is 14.0. The third kappa shape index (κ3) is 4.83. The fourth-order valence-electron chi connectivity index (χ4n) is 7.84. The van der Waals surface area contributed by atoms with Crippen LogP contribution in [0.5, 0.6) is 0 Å². The van der Waals surface area contributed by atoms with Gasteiger partial charge >= 0.3 is 0 Å². The first-order valence-electron chi connectivity index (χ1n) is 17.1. The number of hydrogen-bond acceptors (Lipinski definition) is 1. The first kappa shape index (κ1) is 29.2. The first-order valence-corrected chi connectivity index (χ1v) is 17.1. The molecule has 0 bridgehead atoms. The molecule has 2 nitrogen and oxygen atoms in total. The summed E-state index contributed by atoms with van der Waals surface area (Å²) in [5.41, 5.74) is 11.6. The zero-order valence-electron chi connectivity index (χ0n) is 27.7. The summed E-state index contributed by atoms with van der Waals surface area (Å²) in [4.78, 5) is 14.0. The molecule has 234 valence electrons. The summed E-state index contributed by atoms with van der Waals surface area (Å²) in [5.74, 6) is 0. The maximum absolute atomic E-state index is 14.0. The molecule has 0 saturated carbocycles. The Kier molecular flexibility index (Phi) is 6.91. The van der Waals surface area contributed by atoms with E-state index in [1.807, 2.05) is 34.9 Å². The Balaban J connectivity index is 1.35. The molecule has 8 aromatic rings. The van der Waals surface area contributed by atoms with E-state index in [1.165, 1.54) is 60.5 Å². The molecule has 2 heteroatoms. The fraction of sp³-hybridized carbons (Fsp3) is 0.0851. The molecule has 0 saturated heterocycles. The second-order valence-electron chi connectivity index (χ2n) is 13.3. The highest BCUT2D eigenvalue weighted by atomic mass is 16.1. The SMILES string of the molecule is Cc1ccc2c(-c3ccc4c(c3)c3c(c(=O)n4-c4ccccc4)=CCCC=3)c3cc(C)ccc3c(-c3ccc(-c4ccccc4)cc3)c2c1. The van der Waals surface area contributed by atoms with Crippen LogP contribution in [-0.4, -0.2) is 4.57 Å². The Hall–Kier alpha value is -5.99. The average Bonchev–Trinajstić information content (AvgIpc) is 3.15. The highest BCUT2D eigenvalue weighted by Crippen LogP contribution is 2.45. The van der Waals surface area contributed by atoms with Crippen molar-refractivity contribution in [3.63, 3.8) is 0 Å². The average molecular weight is 630 g/mol. The van der Waals surface area contributed by atoms with E-state index in [1.54, 1.807) is 0 Å². The van der Waals surface area contributed by atoms with Gasteiger partial charge in [-0.25, -0.2) is 0 Å². The number of hydrogen-bond donors (Lipinski definition) is 0. The number of nitrogens with zero attached hydrogens (tertiary/aromatic N) is 1. The normalized spacial score (nSPS) is 12.5. The summed E-state index contributed by atoms with van der Waals surface area (Å²) in [6.45, 7) is 4.36. The molecule has 1 aliphatic carbocycles. The van der Waals surface area contributed by atoms with Crippen LogP contribution in [0.2, 0.25) is 0 Å². The third-order valence-electron chi connectivity index (χ3n) is 10.1. The Morgan fingerprint density at radius 3 is 1.63 bits per heavy atom. The van der Waals surface area contributed by atoms with Gasteiger partial charge in [-0.1, -0.05) is 139 Å². The molecule has 0 N–H and O–H groups in total. The topological polar surface area (TPSA) is 22.0 Å². The third-order valence-corrected chi connectivity index (χ3v) is 10.1. The molecular weight excluding hydrogens is 595 g/mol. The predicted octanol–water partition coefficient (Wildman–Crippen LogP) is 10.3. The smallest absolute Gasteiger partial charge is 0.263 e. The molecule has 49 heavy (non-hydrogen) atoms. The van der Waals surface area contributed by atoms with Crippen molar-refractivity contribution in [2.24, 2.45) is 0 Å². The number of para-hydroxylation sites is 1. The molecule has 1 aliphatic rings. The molecule has 0 atom stereocenters. The van der Waals surface area contributed by atoms with Crippen molar-refractivity contribution in [1.29, 1.82) is 0 Å². The van der Waals surface area contributed by atoms with E-state index in [9.17, 15) is 4.79 Å². The van der Waals surface area contributed by atoms with E-state index in [2.05, 4.69) is 135 Å². The predicted molar refractivity (Wildman–Crippen MR) is 208 cm³/mol. The minimum atomic E-state index is 0.0436. The highest BCUT2D eigenvalue weighted by molar-refractivity contribution is 6.22. The van der Waals surface area contributed by atoms with E-state index in [0.717, 1.165) is 45.4 Å². The van der Waals surface area contributed by atoms with Crippen LogP contribution in [0.1, 0.15) is 24.0 Å². The van der Waals surface area contributed by atoms with Gasteiger partial charge in [-0.05, 0) is 111 Å². The number of benzene rings is 7. The van der Waals surface area contributed by atoms with E-state index >= 15 is 0 Å². The molecule has 0 aliphatic heterocycles. The number of aryl methyl sites for hydroxylation is 2. The van der Waals surface area contributed by atoms with Crippen LogP contribution < -0.4 is 16.0 Å². The van der Waals surface area contributed by atoms with Crippen LogP contribution in [0.25, 0.3) is 83.7 Å². The van der Waals surface area contributed by atoms with Gasteiger partial charge in [-0.2, -0.15) is 0 Å². The molecule has 0 amide bonds. The quantitative estimate of drug-likeness (QED) is 0.178. The molecule has 7 aromatic carbocycles. The Bertz CT molecular complexity index is 2770. The zero-order valence-corrected chi connectivity index (χ0v) is 27.7. The van der Waals surface area contributed by atoms with Crippen molar-refractivity contribution < 1.29 is 0 Å². The molecule has 0 radical (unpaired) electrons. The Labute approximate surface area is 285 Å². The van der Waals surface area contributed by atoms with E-state index in [4.69, 9.17) is 0 Å². The highest BCUT2D eigenvalue weighted by Gasteiger charge is 2.19. The Morgan fingerprint density at radius 1 is 0.449 bits per heavy atom. The van der Waals surface area contributed by atoms with Crippen LogP contribution in [0.4, 0.5) is 0 Å². The number of rotatable bonds is 4. The van der Waals surface area contributed by atoms with Gasteiger partial charge in [0, 0.05) is 16.3 Å². The van der Waals surface area contributed by atoms with Gasteiger partial charge in [-0.15, -0.1) is 0 Å². The maximum Gasteiger partial charge on any atom is 0.263 e. The Morgan fingerprint density at radius 2 is 0.980 bits per heavy atom. The van der Waals surface area contributed by atoms with Gasteiger partial charge in [0.25, 0.3) is 5.56 Å². The van der Waals surface area contributed by atoms with E-state index in [-0.39, 0.29) is 5.56 Å². The minimum Gasteiger partial charge on any atom is -0.276 e. The second kappa shape index (κ2) is 11.6. The van der Waals surface area contributed by atoms with Gasteiger partial charge in [0.15, 0.2) is 0 Å². The summed E-state index contributed by atoms with van der Waals surface area (Å²) in [7, 11) is 0. The largest absolute Gasteiger partial charge is 0.276 e. The fourth-order valence-corrected chi connectivity index (χ4v) is 7.84. The van der Waals surface area contributed by atoms with Crippen molar-refractivity contribution >= 4 is 44.6 Å². The van der Waals surface area contributed by atoms with Crippen molar-refractivity contribution in [1.82, 2.24) is 4.57 Å². The van der Waals surface area contributed by atoms with Gasteiger partial charge in [0.2, 0.25) is 0 Å². The van der Waals surface area contributed by atoms with Crippen molar-refractivity contribution in [2.75, 3.05) is 0 Å². The lowest BCUT2D eigenvalue weighted by atomic mass is 9.84. The number of fused-ring (bicyclic) bond motifs is 5. The molecule has 0 fully saturated rings. The molecule has 1 heterocycles. The lowest BCUT2D eigenvalue weighted by molar-refractivity contribution is 1.00. The van der Waals surface area contributed by atoms with Gasteiger partial charge in [0.05, 0.1) is 5.52 Å². The van der Waals surface area contributed by atoms with Gasteiger partial charge in [0.1, 0.15) is 0 Å². The molecule has 0 unspecified atom stereocenters. The zero-order chi connectivity index (χ0) is 33.1. The van der Waals surface area contributed by atoms with E-state index < -0.39 is 0 Å². The summed E-state index contributed by atoms with van der Waals surface area (Å²) in [6, 6.07) is 50.1. The first-order chi connectivity index (χ1) is 24.0. The summed E-state index contributed by atoms with van der Waals surface area (Å²) in [6.07, 6.45) is 6.19. The van der Waals surface area contributed by atoms with Crippen molar-refractivity contribution in [2.45, 2.75) is 26.7 Å². The molecule has 9 rings (SSSR count). The van der Waals surface area contributed by atoms with Crippen LogP contribution in [0, 0.1) is 13.8 Å². The van der Waals surface area contributed by atoms with Crippen molar-refractivity contribution in [3.8, 4) is 39.1 Å². The monoisotopic (exact) mass is 629 g/mol. The van der Waals surface area contributed by atoms with Crippen LogP contribution in [0.15, 0.2) is 144 Å². The standard InChI is InChI=1S/C47H35NO/c1-30-18-25-39-42(27-30)45(34-21-19-33(20-22-34)32-11-5-3-6-12-32)38-24-17-31(2)28-43(38)46(39)35-23-26-44-41(29-35)37-15-9-10-16-40(37)47(49)48(44)36-13-7-4-8-14-36/h3-8,11-29H,9-10H2,1-2H3.